The van der Waals surface area contributed by atoms with Crippen molar-refractivity contribution in [3.05, 3.63) is 59.1 Å². The number of esters is 1. The lowest BCUT2D eigenvalue weighted by atomic mass is 10.1. The van der Waals surface area contributed by atoms with Gasteiger partial charge in [-0.15, -0.1) is 0 Å². The van der Waals surface area contributed by atoms with Gasteiger partial charge in [0.05, 0.1) is 5.92 Å². The van der Waals surface area contributed by atoms with Crippen LogP contribution in [0.25, 0.3) is 0 Å². The first-order valence-corrected chi connectivity index (χ1v) is 9.91. The summed E-state index contributed by atoms with van der Waals surface area (Å²) >= 11 is 5.90. The minimum atomic E-state index is -0.991. The number of halogens is 1. The van der Waals surface area contributed by atoms with Gasteiger partial charge in [0, 0.05) is 29.4 Å². The minimum Gasteiger partial charge on any atom is -0.452 e. The van der Waals surface area contributed by atoms with Gasteiger partial charge < -0.3 is 15.0 Å². The zero-order chi connectivity index (χ0) is 21.0. The summed E-state index contributed by atoms with van der Waals surface area (Å²) in [7, 11) is 0. The van der Waals surface area contributed by atoms with E-state index in [1.54, 1.807) is 29.2 Å². The zero-order valence-corrected chi connectivity index (χ0v) is 17.1. The Morgan fingerprint density at radius 3 is 2.62 bits per heavy atom. The number of nitrogens with zero attached hydrogens (tertiary/aromatic N) is 1. The van der Waals surface area contributed by atoms with E-state index in [0.29, 0.717) is 10.7 Å². The molecule has 0 saturated carbocycles. The highest BCUT2D eigenvalue weighted by Gasteiger charge is 2.37. The summed E-state index contributed by atoms with van der Waals surface area (Å²) in [5.41, 5.74) is 2.45. The van der Waals surface area contributed by atoms with Crippen LogP contribution in [-0.2, 0) is 25.5 Å². The predicted octanol–water partition coefficient (Wildman–Crippen LogP) is 3.83. The number of rotatable bonds is 6. The van der Waals surface area contributed by atoms with Crippen molar-refractivity contribution >= 4 is 40.8 Å². The van der Waals surface area contributed by atoms with Crippen molar-refractivity contribution in [3.63, 3.8) is 0 Å². The third kappa shape index (κ3) is 5.15. The third-order valence-corrected chi connectivity index (χ3v) is 5.10. The molecule has 0 spiro atoms. The Bertz CT molecular complexity index is 913. The number of carbonyl (C=O) groups is 3. The maximum Gasteiger partial charge on any atom is 0.312 e. The first-order valence-electron chi connectivity index (χ1n) is 9.53. The number of ether oxygens (including phenoxy) is 1. The van der Waals surface area contributed by atoms with Gasteiger partial charge >= 0.3 is 5.97 Å². The van der Waals surface area contributed by atoms with E-state index >= 15 is 0 Å². The van der Waals surface area contributed by atoms with E-state index in [9.17, 15) is 14.4 Å². The van der Waals surface area contributed by atoms with Gasteiger partial charge in [-0.1, -0.05) is 36.7 Å². The smallest absolute Gasteiger partial charge is 0.312 e. The van der Waals surface area contributed by atoms with Crippen molar-refractivity contribution in [3.8, 4) is 0 Å². The van der Waals surface area contributed by atoms with Crippen LogP contribution in [0, 0.1) is 5.92 Å². The van der Waals surface area contributed by atoms with Crippen LogP contribution in [-0.4, -0.2) is 30.4 Å². The van der Waals surface area contributed by atoms with E-state index in [1.165, 1.54) is 12.5 Å². The molecule has 2 atom stereocenters. The van der Waals surface area contributed by atoms with Crippen molar-refractivity contribution in [1.82, 2.24) is 0 Å². The fourth-order valence-electron chi connectivity index (χ4n) is 3.16. The van der Waals surface area contributed by atoms with Gasteiger partial charge in [-0.3, -0.25) is 14.4 Å². The molecule has 0 unspecified atom stereocenters. The normalized spacial score (nSPS) is 17.1. The highest BCUT2D eigenvalue weighted by molar-refractivity contribution is 6.30. The molecule has 2 aromatic rings. The van der Waals surface area contributed by atoms with Crippen molar-refractivity contribution in [2.24, 2.45) is 5.92 Å². The Morgan fingerprint density at radius 1 is 1.24 bits per heavy atom. The first kappa shape index (κ1) is 20.9. The molecule has 2 aromatic carbocycles. The Morgan fingerprint density at radius 2 is 1.97 bits per heavy atom. The molecular weight excluding hydrogens is 392 g/mol. The average Bonchev–Trinajstić information content (AvgIpc) is 3.10. The molecule has 0 bridgehead atoms. The van der Waals surface area contributed by atoms with E-state index in [-0.39, 0.29) is 18.9 Å². The van der Waals surface area contributed by atoms with Crippen molar-refractivity contribution < 1.29 is 19.1 Å². The molecule has 2 amide bonds. The Balaban J connectivity index is 1.57. The summed E-state index contributed by atoms with van der Waals surface area (Å²) < 4.78 is 5.30. The molecule has 1 aliphatic rings. The predicted molar refractivity (Wildman–Crippen MR) is 112 cm³/mol. The van der Waals surface area contributed by atoms with Crippen LogP contribution in [0.3, 0.4) is 0 Å². The summed E-state index contributed by atoms with van der Waals surface area (Å²) in [6.07, 6.45) is -0.00977. The van der Waals surface area contributed by atoms with Gasteiger partial charge in [-0.05, 0) is 49.2 Å². The molecule has 0 aromatic heterocycles. The topological polar surface area (TPSA) is 75.7 Å². The highest BCUT2D eigenvalue weighted by Crippen LogP contribution is 2.26. The van der Waals surface area contributed by atoms with Crippen LogP contribution in [0.2, 0.25) is 5.02 Å². The Kier molecular flexibility index (Phi) is 6.54. The van der Waals surface area contributed by atoms with Crippen molar-refractivity contribution in [2.45, 2.75) is 32.8 Å². The molecule has 1 heterocycles. The van der Waals surface area contributed by atoms with E-state index < -0.39 is 23.9 Å². The number of benzene rings is 2. The maximum atomic E-state index is 12.5. The van der Waals surface area contributed by atoms with Crippen LogP contribution in [0.5, 0.6) is 0 Å². The quantitative estimate of drug-likeness (QED) is 0.729. The summed E-state index contributed by atoms with van der Waals surface area (Å²) in [5, 5.41) is 3.14. The summed E-state index contributed by atoms with van der Waals surface area (Å²) in [4.78, 5) is 38.7. The second-order valence-electron chi connectivity index (χ2n) is 7.00. The molecule has 1 aliphatic heterocycles. The molecule has 1 saturated heterocycles. The lowest BCUT2D eigenvalue weighted by Gasteiger charge is -2.18. The minimum absolute atomic E-state index is 0.0665. The van der Waals surface area contributed by atoms with Crippen LogP contribution in [0.1, 0.15) is 25.8 Å². The van der Waals surface area contributed by atoms with Crippen LogP contribution < -0.4 is 10.2 Å². The molecule has 7 heteroatoms. The second kappa shape index (κ2) is 9.09. The largest absolute Gasteiger partial charge is 0.452 e. The number of anilines is 2. The van der Waals surface area contributed by atoms with Crippen molar-refractivity contribution in [1.29, 1.82) is 0 Å². The molecule has 1 N–H and O–H groups in total. The molecule has 0 aliphatic carbocycles. The van der Waals surface area contributed by atoms with E-state index in [4.69, 9.17) is 16.3 Å². The molecule has 29 heavy (non-hydrogen) atoms. The molecular formula is C22H23ClN2O4. The number of amides is 2. The third-order valence-electron chi connectivity index (χ3n) is 4.87. The van der Waals surface area contributed by atoms with Crippen molar-refractivity contribution in [2.75, 3.05) is 16.8 Å². The standard InChI is InChI=1S/C22H23ClN2O4/c1-3-15-7-9-19(10-8-15)25-13-16(11-20(25)26)22(28)29-14(2)21(27)24-18-6-4-5-17(23)12-18/h4-10,12,14,16H,3,11,13H2,1-2H3,(H,24,27)/t14-,16+/m0/s1. The highest BCUT2D eigenvalue weighted by atomic mass is 35.5. The van der Waals surface area contributed by atoms with Crippen LogP contribution in [0.4, 0.5) is 11.4 Å². The molecule has 1 fully saturated rings. The molecule has 0 radical (unpaired) electrons. The number of aryl methyl sites for hydroxylation is 1. The summed E-state index contributed by atoms with van der Waals surface area (Å²) in [5.74, 6) is -1.75. The number of carbonyl (C=O) groups excluding carboxylic acids is 3. The van der Waals surface area contributed by atoms with E-state index in [0.717, 1.165) is 12.1 Å². The first-order chi connectivity index (χ1) is 13.9. The second-order valence-corrected chi connectivity index (χ2v) is 7.44. The summed E-state index contributed by atoms with van der Waals surface area (Å²) in [6, 6.07) is 14.4. The average molecular weight is 415 g/mol. The number of hydrogen-bond acceptors (Lipinski definition) is 4. The van der Waals surface area contributed by atoms with Gasteiger partial charge in [0.2, 0.25) is 5.91 Å². The molecule has 152 valence electrons. The fraction of sp³-hybridized carbons (Fsp3) is 0.318. The number of nitrogens with one attached hydrogen (secondary N) is 1. The van der Waals surface area contributed by atoms with Gasteiger partial charge in [-0.25, -0.2) is 0 Å². The van der Waals surface area contributed by atoms with E-state index in [2.05, 4.69) is 12.2 Å². The fourth-order valence-corrected chi connectivity index (χ4v) is 3.35. The maximum absolute atomic E-state index is 12.5. The Hall–Kier alpha value is -2.86. The van der Waals surface area contributed by atoms with Crippen LogP contribution >= 0.6 is 11.6 Å². The molecule has 6 nitrogen and oxygen atoms in total. The van der Waals surface area contributed by atoms with Gasteiger partial charge in [0.15, 0.2) is 6.10 Å². The van der Waals surface area contributed by atoms with Gasteiger partial charge in [0.25, 0.3) is 5.91 Å². The zero-order valence-electron chi connectivity index (χ0n) is 16.4. The SMILES string of the molecule is CCc1ccc(N2C[C@H](C(=O)O[C@@H](C)C(=O)Nc3cccc(Cl)c3)CC2=O)cc1. The Labute approximate surface area is 174 Å². The van der Waals surface area contributed by atoms with Gasteiger partial charge in [-0.2, -0.15) is 0 Å². The lowest BCUT2D eigenvalue weighted by Crippen LogP contribution is -2.33. The summed E-state index contributed by atoms with van der Waals surface area (Å²) in [6.45, 7) is 3.80. The number of hydrogen-bond donors (Lipinski definition) is 1. The molecule has 3 rings (SSSR count). The monoisotopic (exact) mass is 414 g/mol. The van der Waals surface area contributed by atoms with E-state index in [1.807, 2.05) is 24.3 Å². The van der Waals surface area contributed by atoms with Crippen LogP contribution in [0.15, 0.2) is 48.5 Å². The van der Waals surface area contributed by atoms with Gasteiger partial charge in [0.1, 0.15) is 0 Å². The lowest BCUT2D eigenvalue weighted by molar-refractivity contribution is -0.157.